The lowest BCUT2D eigenvalue weighted by Crippen LogP contribution is -2.51. The monoisotopic (exact) mass is 380 g/mol. The van der Waals surface area contributed by atoms with Gasteiger partial charge in [-0.25, -0.2) is 4.79 Å². The first kappa shape index (κ1) is 23.7. The molecule has 1 amide bonds. The molecular weight excluding hydrogens is 340 g/mol. The summed E-state index contributed by atoms with van der Waals surface area (Å²) in [7, 11) is 0. The van der Waals surface area contributed by atoms with E-state index in [4.69, 9.17) is 4.74 Å². The van der Waals surface area contributed by atoms with E-state index in [1.165, 1.54) is 12.0 Å². The van der Waals surface area contributed by atoms with Gasteiger partial charge in [-0.2, -0.15) is 0 Å². The van der Waals surface area contributed by atoms with Crippen LogP contribution in [0.3, 0.4) is 0 Å². The lowest BCUT2D eigenvalue weighted by molar-refractivity contribution is -0.159. The van der Waals surface area contributed by atoms with Gasteiger partial charge in [-0.3, -0.25) is 4.79 Å². The molecule has 2 N–H and O–H groups in total. The molecule has 0 unspecified atom stereocenters. The van der Waals surface area contributed by atoms with E-state index in [-0.39, 0.29) is 29.8 Å². The Morgan fingerprint density at radius 1 is 1.30 bits per heavy atom. The summed E-state index contributed by atoms with van der Waals surface area (Å²) in [5.74, 6) is 0.0480. The fraction of sp³-hybridized carbons (Fsp3) is 0.818. The molecule has 1 fully saturated rings. The number of hydrogen-bond donors (Lipinski definition) is 2. The fourth-order valence-electron chi connectivity index (χ4n) is 3.59. The predicted molar refractivity (Wildman–Crippen MR) is 110 cm³/mol. The van der Waals surface area contributed by atoms with Crippen molar-refractivity contribution in [1.82, 2.24) is 10.6 Å². The topological polar surface area (TPSA) is 67.4 Å². The number of nitrogens with one attached hydrogen (secondary N) is 2. The number of unbranched alkanes of at least 4 members (excludes halogenated alkanes) is 2. The van der Waals surface area contributed by atoms with Gasteiger partial charge in [-0.15, -0.1) is 0 Å². The van der Waals surface area contributed by atoms with E-state index in [0.717, 1.165) is 25.8 Å². The van der Waals surface area contributed by atoms with E-state index in [1.54, 1.807) is 0 Å². The van der Waals surface area contributed by atoms with Crippen molar-refractivity contribution in [3.8, 4) is 0 Å². The van der Waals surface area contributed by atoms with Crippen LogP contribution in [0.15, 0.2) is 11.6 Å². The quantitative estimate of drug-likeness (QED) is 0.361. The molecule has 3 atom stereocenters. The number of allylic oxidation sites excluding steroid dienone is 1. The van der Waals surface area contributed by atoms with Crippen LogP contribution in [0.5, 0.6) is 0 Å². The fourth-order valence-corrected chi connectivity index (χ4v) is 3.59. The van der Waals surface area contributed by atoms with E-state index in [0.29, 0.717) is 6.42 Å². The van der Waals surface area contributed by atoms with Gasteiger partial charge in [0.15, 0.2) is 0 Å². The summed E-state index contributed by atoms with van der Waals surface area (Å²) in [6, 6.07) is -0.880. The van der Waals surface area contributed by atoms with Crippen molar-refractivity contribution in [2.45, 2.75) is 98.3 Å². The molecule has 0 radical (unpaired) electrons. The molecule has 5 nitrogen and oxygen atoms in total. The Labute approximate surface area is 165 Å². The maximum atomic E-state index is 13.0. The highest BCUT2D eigenvalue weighted by molar-refractivity contribution is 5.88. The molecule has 5 heteroatoms. The second-order valence-electron chi connectivity index (χ2n) is 9.05. The number of ether oxygens (including phenoxy) is 1. The third-order valence-electron chi connectivity index (χ3n) is 4.89. The predicted octanol–water partition coefficient (Wildman–Crippen LogP) is 3.97. The molecule has 1 saturated heterocycles. The van der Waals surface area contributed by atoms with Crippen LogP contribution in [-0.2, 0) is 14.3 Å². The number of hydrogen-bond acceptors (Lipinski definition) is 4. The molecule has 27 heavy (non-hydrogen) atoms. The number of carbonyl (C=O) groups is 2. The summed E-state index contributed by atoms with van der Waals surface area (Å²) < 4.78 is 5.53. The Morgan fingerprint density at radius 2 is 1.96 bits per heavy atom. The Hall–Kier alpha value is -1.36. The molecule has 0 aliphatic carbocycles. The highest BCUT2D eigenvalue weighted by atomic mass is 16.6. The zero-order chi connectivity index (χ0) is 20.6. The van der Waals surface area contributed by atoms with Gasteiger partial charge in [-0.1, -0.05) is 51.7 Å². The Balaban J connectivity index is 2.84. The number of amides is 1. The highest BCUT2D eigenvalue weighted by Crippen LogP contribution is 2.28. The van der Waals surface area contributed by atoms with Crippen LogP contribution < -0.4 is 10.6 Å². The van der Waals surface area contributed by atoms with Crippen molar-refractivity contribution in [1.29, 1.82) is 0 Å². The Morgan fingerprint density at radius 3 is 2.48 bits per heavy atom. The van der Waals surface area contributed by atoms with Crippen molar-refractivity contribution in [2.75, 3.05) is 6.54 Å². The summed E-state index contributed by atoms with van der Waals surface area (Å²) in [4.78, 5) is 25.6. The third kappa shape index (κ3) is 8.04. The summed E-state index contributed by atoms with van der Waals surface area (Å²) in [5, 5.41) is 6.32. The molecule has 0 spiro atoms. The normalized spacial score (nSPS) is 22.9. The number of esters is 1. The van der Waals surface area contributed by atoms with E-state index in [1.807, 2.05) is 41.5 Å². The van der Waals surface area contributed by atoms with Gasteiger partial charge in [0.1, 0.15) is 11.6 Å². The van der Waals surface area contributed by atoms with Crippen molar-refractivity contribution >= 4 is 11.9 Å². The van der Waals surface area contributed by atoms with Crippen molar-refractivity contribution < 1.29 is 14.3 Å². The minimum Gasteiger partial charge on any atom is -0.458 e. The van der Waals surface area contributed by atoms with E-state index >= 15 is 0 Å². The molecule has 0 saturated carbocycles. The number of carbonyl (C=O) groups excluding carboxylic acids is 2. The van der Waals surface area contributed by atoms with Crippen LogP contribution in [0.1, 0.15) is 80.6 Å². The van der Waals surface area contributed by atoms with Gasteiger partial charge in [0.25, 0.3) is 0 Å². The van der Waals surface area contributed by atoms with E-state index < -0.39 is 11.6 Å². The van der Waals surface area contributed by atoms with Crippen LogP contribution >= 0.6 is 0 Å². The number of rotatable bonds is 9. The first-order chi connectivity index (χ1) is 12.6. The largest absolute Gasteiger partial charge is 0.458 e. The summed E-state index contributed by atoms with van der Waals surface area (Å²) in [5.41, 5.74) is 0.729. The van der Waals surface area contributed by atoms with Crippen molar-refractivity contribution in [3.63, 3.8) is 0 Å². The van der Waals surface area contributed by atoms with Crippen LogP contribution in [0, 0.1) is 11.8 Å². The highest BCUT2D eigenvalue weighted by Gasteiger charge is 2.37. The first-order valence-corrected chi connectivity index (χ1v) is 10.5. The first-order valence-electron chi connectivity index (χ1n) is 10.5. The van der Waals surface area contributed by atoms with E-state index in [2.05, 4.69) is 23.6 Å². The molecule has 0 aromatic heterocycles. The zero-order valence-corrected chi connectivity index (χ0v) is 18.4. The molecule has 0 aromatic carbocycles. The lowest BCUT2D eigenvalue weighted by atomic mass is 9.89. The molecule has 156 valence electrons. The maximum absolute atomic E-state index is 13.0. The lowest BCUT2D eigenvalue weighted by Gasteiger charge is -2.27. The van der Waals surface area contributed by atoms with E-state index in [9.17, 15) is 9.59 Å². The molecule has 1 aliphatic rings. The van der Waals surface area contributed by atoms with Crippen LogP contribution in [0.25, 0.3) is 0 Å². The minimum absolute atomic E-state index is 0.0927. The van der Waals surface area contributed by atoms with Crippen molar-refractivity contribution in [2.24, 2.45) is 11.8 Å². The molecule has 1 heterocycles. The summed E-state index contributed by atoms with van der Waals surface area (Å²) in [6.07, 6.45) is 7.15. The van der Waals surface area contributed by atoms with Crippen LogP contribution in [-0.4, -0.2) is 36.1 Å². The van der Waals surface area contributed by atoms with Gasteiger partial charge >= 0.3 is 5.97 Å². The van der Waals surface area contributed by atoms with Crippen LogP contribution in [0.2, 0.25) is 0 Å². The average Bonchev–Trinajstić information content (AvgIpc) is 2.95. The summed E-state index contributed by atoms with van der Waals surface area (Å²) in [6.45, 7) is 14.6. The molecule has 0 bridgehead atoms. The van der Waals surface area contributed by atoms with Gasteiger partial charge in [0.05, 0.1) is 6.04 Å². The van der Waals surface area contributed by atoms with Gasteiger partial charge < -0.3 is 15.4 Å². The second-order valence-corrected chi connectivity index (χ2v) is 9.05. The molecular formula is C22H40N2O3. The Bertz CT molecular complexity index is 520. The average molecular weight is 381 g/mol. The Kier molecular flexibility index (Phi) is 9.51. The third-order valence-corrected chi connectivity index (χ3v) is 4.89. The smallest absolute Gasteiger partial charge is 0.329 e. The SMILES string of the molecule is C/C=C1\CN[C@@H](C(=O)N[C@@H](CC(C)C)C(=O)OC(C)(C)C)[C@H]1CCCCC. The maximum Gasteiger partial charge on any atom is 0.329 e. The second kappa shape index (κ2) is 10.8. The molecule has 1 aliphatic heterocycles. The minimum atomic E-state index is -0.607. The van der Waals surface area contributed by atoms with Gasteiger partial charge in [0.2, 0.25) is 5.91 Å². The zero-order valence-electron chi connectivity index (χ0n) is 18.4. The van der Waals surface area contributed by atoms with Crippen molar-refractivity contribution in [3.05, 3.63) is 11.6 Å². The summed E-state index contributed by atoms with van der Waals surface area (Å²) >= 11 is 0. The van der Waals surface area contributed by atoms with Crippen LogP contribution in [0.4, 0.5) is 0 Å². The standard InChI is InChI=1S/C22H40N2O3/c1-8-10-11-12-17-16(9-2)14-23-19(17)20(25)24-18(13-15(3)4)21(26)27-22(5,6)7/h9,15,17-19,23H,8,10-14H2,1-7H3,(H,24,25)/b16-9+/t17-,18-,19+/m0/s1. The molecule has 1 rings (SSSR count). The van der Waals surface area contributed by atoms with Gasteiger partial charge in [0, 0.05) is 12.5 Å². The molecule has 0 aromatic rings. The van der Waals surface area contributed by atoms with Gasteiger partial charge in [-0.05, 0) is 46.5 Å².